The van der Waals surface area contributed by atoms with Gasteiger partial charge >= 0.3 is 6.03 Å². The van der Waals surface area contributed by atoms with Crippen LogP contribution in [0, 0.1) is 0 Å². The molecular weight excluding hydrogens is 302 g/mol. The minimum Gasteiger partial charge on any atom is -0.462 e. The normalized spacial score (nSPS) is 20.1. The molecule has 7 heteroatoms. The van der Waals surface area contributed by atoms with Gasteiger partial charge in [0, 0.05) is 5.38 Å². The summed E-state index contributed by atoms with van der Waals surface area (Å²) in [7, 11) is 0. The lowest BCUT2D eigenvalue weighted by molar-refractivity contribution is -0.131. The molecule has 1 spiro atoms. The summed E-state index contributed by atoms with van der Waals surface area (Å²) in [5.41, 5.74) is 0.0478. The maximum absolute atomic E-state index is 12.6. The first-order valence-electron chi connectivity index (χ1n) is 7.30. The summed E-state index contributed by atoms with van der Waals surface area (Å²) >= 11 is 1.44. The topological polar surface area (TPSA) is 75.4 Å². The molecular formula is C15H15N3O3S. The third kappa shape index (κ3) is 2.04. The molecule has 1 saturated heterocycles. The van der Waals surface area contributed by atoms with E-state index < -0.39 is 5.54 Å². The molecule has 114 valence electrons. The van der Waals surface area contributed by atoms with E-state index in [1.165, 1.54) is 16.2 Å². The smallest absolute Gasteiger partial charge is 0.325 e. The summed E-state index contributed by atoms with van der Waals surface area (Å²) in [5, 5.41) is 5.49. The van der Waals surface area contributed by atoms with Crippen molar-refractivity contribution in [2.24, 2.45) is 0 Å². The molecule has 4 rings (SSSR count). The third-order valence-electron chi connectivity index (χ3n) is 4.31. The van der Waals surface area contributed by atoms with Crippen LogP contribution in [-0.2, 0) is 11.3 Å². The zero-order valence-corrected chi connectivity index (χ0v) is 12.7. The number of imide groups is 1. The van der Waals surface area contributed by atoms with E-state index in [9.17, 15) is 9.59 Å². The van der Waals surface area contributed by atoms with E-state index in [4.69, 9.17) is 4.42 Å². The lowest BCUT2D eigenvalue weighted by Crippen LogP contribution is -2.44. The molecule has 1 saturated carbocycles. The second kappa shape index (κ2) is 4.95. The summed E-state index contributed by atoms with van der Waals surface area (Å²) in [5.74, 6) is 0.586. The fourth-order valence-electron chi connectivity index (χ4n) is 3.19. The highest BCUT2D eigenvalue weighted by atomic mass is 32.1. The third-order valence-corrected chi connectivity index (χ3v) is 5.21. The number of nitrogens with zero attached hydrogens (tertiary/aromatic N) is 2. The molecule has 0 atom stereocenters. The van der Waals surface area contributed by atoms with Gasteiger partial charge < -0.3 is 9.73 Å². The van der Waals surface area contributed by atoms with Crippen molar-refractivity contribution in [1.82, 2.24) is 15.2 Å². The number of aromatic nitrogens is 1. The van der Waals surface area contributed by atoms with Crippen molar-refractivity contribution >= 4 is 23.3 Å². The van der Waals surface area contributed by atoms with E-state index in [0.717, 1.165) is 30.7 Å². The molecule has 3 heterocycles. The van der Waals surface area contributed by atoms with E-state index in [1.807, 2.05) is 11.4 Å². The molecule has 3 amide bonds. The van der Waals surface area contributed by atoms with E-state index >= 15 is 0 Å². The zero-order chi connectivity index (χ0) is 15.2. The van der Waals surface area contributed by atoms with Gasteiger partial charge in [0.05, 0.1) is 18.5 Å². The fourth-order valence-corrected chi connectivity index (χ4v) is 3.97. The maximum Gasteiger partial charge on any atom is 0.325 e. The Hall–Kier alpha value is -2.15. The molecule has 1 aliphatic carbocycles. The number of thiazole rings is 1. The Morgan fingerprint density at radius 2 is 2.18 bits per heavy atom. The number of hydrogen-bond acceptors (Lipinski definition) is 5. The summed E-state index contributed by atoms with van der Waals surface area (Å²) in [6.45, 7) is 0.212. The Morgan fingerprint density at radius 3 is 2.91 bits per heavy atom. The van der Waals surface area contributed by atoms with Crippen LogP contribution in [0.4, 0.5) is 4.79 Å². The average molecular weight is 317 g/mol. The van der Waals surface area contributed by atoms with Crippen LogP contribution in [0.3, 0.4) is 0 Å². The molecule has 2 aromatic heterocycles. The molecule has 1 N–H and O–H groups in total. The Labute approximate surface area is 131 Å². The first-order valence-corrected chi connectivity index (χ1v) is 8.18. The second-order valence-electron chi connectivity index (χ2n) is 5.73. The van der Waals surface area contributed by atoms with E-state index in [1.54, 1.807) is 12.3 Å². The van der Waals surface area contributed by atoms with Gasteiger partial charge in [-0.15, -0.1) is 11.3 Å². The van der Waals surface area contributed by atoms with Gasteiger partial charge in [-0.3, -0.25) is 9.69 Å². The second-order valence-corrected chi connectivity index (χ2v) is 6.59. The standard InChI is InChI=1S/C15H15N3O3S/c19-13-15(5-1-2-6-15)17-14(20)18(13)8-10-9-22-12(16-10)11-4-3-7-21-11/h3-4,7,9H,1-2,5-6,8H2,(H,17,20). The number of hydrogen-bond donors (Lipinski definition) is 1. The van der Waals surface area contributed by atoms with Crippen molar-refractivity contribution in [3.8, 4) is 10.8 Å². The van der Waals surface area contributed by atoms with Crippen molar-refractivity contribution < 1.29 is 14.0 Å². The van der Waals surface area contributed by atoms with E-state index in [-0.39, 0.29) is 18.5 Å². The number of amides is 3. The molecule has 6 nitrogen and oxygen atoms in total. The number of furan rings is 1. The number of rotatable bonds is 3. The Bertz CT molecular complexity index is 716. The Balaban J connectivity index is 1.54. The van der Waals surface area contributed by atoms with Crippen molar-refractivity contribution in [2.75, 3.05) is 0 Å². The molecule has 2 aromatic rings. The van der Waals surface area contributed by atoms with Crippen LogP contribution in [0.2, 0.25) is 0 Å². The molecule has 0 radical (unpaired) electrons. The van der Waals surface area contributed by atoms with E-state index in [0.29, 0.717) is 11.5 Å². The Morgan fingerprint density at radius 1 is 1.36 bits per heavy atom. The van der Waals surface area contributed by atoms with Crippen LogP contribution in [0.5, 0.6) is 0 Å². The summed E-state index contributed by atoms with van der Waals surface area (Å²) in [6.07, 6.45) is 5.04. The molecule has 2 fully saturated rings. The van der Waals surface area contributed by atoms with Crippen LogP contribution >= 0.6 is 11.3 Å². The SMILES string of the molecule is O=C1NC2(CCCC2)C(=O)N1Cc1csc(-c2ccco2)n1. The van der Waals surface area contributed by atoms with Crippen LogP contribution in [0.25, 0.3) is 10.8 Å². The van der Waals surface area contributed by atoms with Gasteiger partial charge in [-0.25, -0.2) is 9.78 Å². The molecule has 0 bridgehead atoms. The molecule has 1 aliphatic heterocycles. The highest BCUT2D eigenvalue weighted by Crippen LogP contribution is 2.35. The Kier molecular flexibility index (Phi) is 3.04. The molecule has 22 heavy (non-hydrogen) atoms. The van der Waals surface area contributed by atoms with E-state index in [2.05, 4.69) is 10.3 Å². The van der Waals surface area contributed by atoms with Gasteiger partial charge in [-0.1, -0.05) is 12.8 Å². The van der Waals surface area contributed by atoms with Crippen molar-refractivity contribution in [3.63, 3.8) is 0 Å². The van der Waals surface area contributed by atoms with Crippen LogP contribution in [0.15, 0.2) is 28.2 Å². The van der Waals surface area contributed by atoms with Gasteiger partial charge in [0.2, 0.25) is 0 Å². The van der Waals surface area contributed by atoms with Crippen molar-refractivity contribution in [1.29, 1.82) is 0 Å². The molecule has 0 unspecified atom stereocenters. The van der Waals surface area contributed by atoms with Gasteiger partial charge in [0.25, 0.3) is 5.91 Å². The lowest BCUT2D eigenvalue weighted by Gasteiger charge is -2.19. The predicted octanol–water partition coefficient (Wildman–Crippen LogP) is 2.77. The molecule has 2 aliphatic rings. The van der Waals surface area contributed by atoms with Crippen LogP contribution in [-0.4, -0.2) is 27.4 Å². The number of carbonyl (C=O) groups excluding carboxylic acids is 2. The zero-order valence-electron chi connectivity index (χ0n) is 11.9. The summed E-state index contributed by atoms with van der Waals surface area (Å²) in [4.78, 5) is 30.5. The van der Waals surface area contributed by atoms with Gasteiger partial charge in [0.1, 0.15) is 5.54 Å². The largest absolute Gasteiger partial charge is 0.462 e. The van der Waals surface area contributed by atoms with Gasteiger partial charge in [-0.05, 0) is 25.0 Å². The monoisotopic (exact) mass is 317 g/mol. The summed E-state index contributed by atoms with van der Waals surface area (Å²) < 4.78 is 5.31. The quantitative estimate of drug-likeness (QED) is 0.883. The van der Waals surface area contributed by atoms with Crippen LogP contribution in [0.1, 0.15) is 31.4 Å². The van der Waals surface area contributed by atoms with Crippen molar-refractivity contribution in [2.45, 2.75) is 37.8 Å². The predicted molar refractivity (Wildman–Crippen MR) is 80.1 cm³/mol. The summed E-state index contributed by atoms with van der Waals surface area (Å²) in [6, 6.07) is 3.33. The van der Waals surface area contributed by atoms with Crippen LogP contribution < -0.4 is 5.32 Å². The van der Waals surface area contributed by atoms with Crippen molar-refractivity contribution in [3.05, 3.63) is 29.5 Å². The number of nitrogens with one attached hydrogen (secondary N) is 1. The van der Waals surface area contributed by atoms with Gasteiger partial charge in [-0.2, -0.15) is 0 Å². The number of carbonyl (C=O) groups is 2. The average Bonchev–Trinajstić information content (AvgIpc) is 3.25. The highest BCUT2D eigenvalue weighted by Gasteiger charge is 2.52. The lowest BCUT2D eigenvalue weighted by atomic mass is 9.98. The molecule has 0 aromatic carbocycles. The fraction of sp³-hybridized carbons (Fsp3) is 0.400. The first-order chi connectivity index (χ1) is 10.7. The minimum atomic E-state index is -0.656. The van der Waals surface area contributed by atoms with Gasteiger partial charge in [0.15, 0.2) is 10.8 Å². The first kappa shape index (κ1) is 13.5. The maximum atomic E-state index is 12.6. The minimum absolute atomic E-state index is 0.109. The number of urea groups is 1. The highest BCUT2D eigenvalue weighted by molar-refractivity contribution is 7.13.